The number of amides is 2. The van der Waals surface area contributed by atoms with E-state index in [1.807, 2.05) is 0 Å². The van der Waals surface area contributed by atoms with Crippen LogP contribution in [0.4, 0.5) is 4.79 Å². The number of carbonyl (C=O) groups excluding carboxylic acids is 2. The van der Waals surface area contributed by atoms with Crippen LogP contribution in [0.5, 0.6) is 0 Å². The molecule has 1 aliphatic heterocycles. The molecular formula is C12H18N2O5. The topological polar surface area (TPSA) is 95.9 Å². The van der Waals surface area contributed by atoms with Crippen molar-refractivity contribution in [1.29, 1.82) is 0 Å². The van der Waals surface area contributed by atoms with Crippen LogP contribution in [0.3, 0.4) is 0 Å². The molecule has 106 valence electrons. The molecule has 0 radical (unpaired) electrons. The summed E-state index contributed by atoms with van der Waals surface area (Å²) in [6.07, 6.45) is 2.05. The molecule has 19 heavy (non-hydrogen) atoms. The summed E-state index contributed by atoms with van der Waals surface area (Å²) in [5.74, 6) is -1.32. The van der Waals surface area contributed by atoms with Crippen molar-refractivity contribution in [3.05, 3.63) is 12.7 Å². The number of carboxylic acid groups (broad SMARTS) is 1. The molecule has 2 amide bonds. The van der Waals surface area contributed by atoms with Gasteiger partial charge in [-0.2, -0.15) is 0 Å². The highest BCUT2D eigenvalue weighted by molar-refractivity contribution is 5.86. The lowest BCUT2D eigenvalue weighted by molar-refractivity contribution is -0.137. The summed E-state index contributed by atoms with van der Waals surface area (Å²) in [6, 6.07) is -0.578. The first-order valence-corrected chi connectivity index (χ1v) is 6.10. The van der Waals surface area contributed by atoms with Gasteiger partial charge in [0.15, 0.2) is 0 Å². The molecule has 1 atom stereocenters. The quantitative estimate of drug-likeness (QED) is 0.679. The third-order valence-corrected chi connectivity index (χ3v) is 2.75. The zero-order valence-electron chi connectivity index (χ0n) is 10.6. The molecule has 2 N–H and O–H groups in total. The van der Waals surface area contributed by atoms with Crippen LogP contribution in [0.25, 0.3) is 0 Å². The van der Waals surface area contributed by atoms with E-state index in [-0.39, 0.29) is 25.5 Å². The number of aliphatic carboxylic acids is 1. The predicted octanol–water partition coefficient (Wildman–Crippen LogP) is 0.364. The van der Waals surface area contributed by atoms with Crippen LogP contribution >= 0.6 is 0 Å². The second-order valence-electron chi connectivity index (χ2n) is 4.15. The molecule has 0 spiro atoms. The predicted molar refractivity (Wildman–Crippen MR) is 66.5 cm³/mol. The van der Waals surface area contributed by atoms with Gasteiger partial charge in [-0.15, -0.1) is 0 Å². The monoisotopic (exact) mass is 270 g/mol. The van der Waals surface area contributed by atoms with E-state index in [2.05, 4.69) is 11.9 Å². The number of nitrogens with zero attached hydrogens (tertiary/aromatic N) is 1. The number of hydrogen-bond donors (Lipinski definition) is 2. The van der Waals surface area contributed by atoms with Gasteiger partial charge in [-0.3, -0.25) is 14.5 Å². The Morgan fingerprint density at radius 3 is 2.84 bits per heavy atom. The van der Waals surface area contributed by atoms with Gasteiger partial charge >= 0.3 is 12.1 Å². The first-order chi connectivity index (χ1) is 9.06. The van der Waals surface area contributed by atoms with Gasteiger partial charge in [0.25, 0.3) is 0 Å². The summed E-state index contributed by atoms with van der Waals surface area (Å²) in [5.41, 5.74) is 0. The summed E-state index contributed by atoms with van der Waals surface area (Å²) >= 11 is 0. The standard InChI is InChI=1S/C12H18N2O5/c1-2-8-19-12(18)14-7-3-4-9(14)11(17)13-6-5-10(15)16/h2,9H,1,3-8H2,(H,13,17)(H,15,16). The van der Waals surface area contributed by atoms with Gasteiger partial charge < -0.3 is 15.2 Å². The Morgan fingerprint density at radius 1 is 1.47 bits per heavy atom. The fourth-order valence-electron chi connectivity index (χ4n) is 1.88. The van der Waals surface area contributed by atoms with Crippen molar-refractivity contribution in [1.82, 2.24) is 10.2 Å². The molecule has 0 bridgehead atoms. The highest BCUT2D eigenvalue weighted by Gasteiger charge is 2.34. The van der Waals surface area contributed by atoms with E-state index < -0.39 is 18.1 Å². The molecule has 1 unspecified atom stereocenters. The summed E-state index contributed by atoms with van der Waals surface area (Å²) in [4.78, 5) is 35.2. The van der Waals surface area contributed by atoms with Gasteiger partial charge in [-0.25, -0.2) is 4.79 Å². The van der Waals surface area contributed by atoms with E-state index in [1.54, 1.807) is 0 Å². The van der Waals surface area contributed by atoms with Crippen molar-refractivity contribution in [3.8, 4) is 0 Å². The summed E-state index contributed by atoms with van der Waals surface area (Å²) < 4.78 is 4.89. The number of carboxylic acids is 1. The number of carbonyl (C=O) groups is 3. The van der Waals surface area contributed by atoms with Crippen LogP contribution in [0.2, 0.25) is 0 Å². The summed E-state index contributed by atoms with van der Waals surface area (Å²) in [5, 5.41) is 11.0. The average molecular weight is 270 g/mol. The lowest BCUT2D eigenvalue weighted by Crippen LogP contribution is -2.46. The molecule has 7 nitrogen and oxygen atoms in total. The van der Waals surface area contributed by atoms with Gasteiger partial charge in [0.05, 0.1) is 6.42 Å². The maximum atomic E-state index is 11.8. The minimum Gasteiger partial charge on any atom is -0.481 e. The van der Waals surface area contributed by atoms with Crippen LogP contribution in [-0.4, -0.2) is 53.7 Å². The number of nitrogens with one attached hydrogen (secondary N) is 1. The minimum absolute atomic E-state index is 0.0558. The molecular weight excluding hydrogens is 252 g/mol. The molecule has 1 heterocycles. The van der Waals surface area contributed by atoms with Crippen molar-refractivity contribution in [2.45, 2.75) is 25.3 Å². The van der Waals surface area contributed by atoms with Gasteiger partial charge in [0.1, 0.15) is 12.6 Å². The Morgan fingerprint density at radius 2 is 2.21 bits per heavy atom. The molecule has 0 saturated carbocycles. The Kier molecular flexibility index (Phi) is 5.84. The van der Waals surface area contributed by atoms with Crippen molar-refractivity contribution >= 4 is 18.0 Å². The SMILES string of the molecule is C=CCOC(=O)N1CCCC1C(=O)NCCC(=O)O. The fraction of sp³-hybridized carbons (Fsp3) is 0.583. The average Bonchev–Trinajstić information content (AvgIpc) is 2.84. The van der Waals surface area contributed by atoms with Crippen molar-refractivity contribution in [3.63, 3.8) is 0 Å². The molecule has 1 rings (SSSR count). The van der Waals surface area contributed by atoms with E-state index in [0.29, 0.717) is 13.0 Å². The van der Waals surface area contributed by atoms with Crippen LogP contribution < -0.4 is 5.32 Å². The molecule has 0 aliphatic carbocycles. The minimum atomic E-state index is -0.978. The van der Waals surface area contributed by atoms with Gasteiger partial charge in [0.2, 0.25) is 5.91 Å². The second-order valence-corrected chi connectivity index (χ2v) is 4.15. The van der Waals surface area contributed by atoms with Gasteiger partial charge in [-0.1, -0.05) is 12.7 Å². The highest BCUT2D eigenvalue weighted by atomic mass is 16.6. The number of likely N-dealkylation sites (tertiary alicyclic amines) is 1. The maximum Gasteiger partial charge on any atom is 0.410 e. The molecule has 1 saturated heterocycles. The van der Waals surface area contributed by atoms with E-state index in [9.17, 15) is 14.4 Å². The number of rotatable bonds is 6. The van der Waals surface area contributed by atoms with Crippen molar-refractivity contribution in [2.75, 3.05) is 19.7 Å². The molecule has 1 fully saturated rings. The van der Waals surface area contributed by atoms with Crippen LogP contribution in [0.15, 0.2) is 12.7 Å². The van der Waals surface area contributed by atoms with Crippen LogP contribution in [0, 0.1) is 0 Å². The van der Waals surface area contributed by atoms with E-state index >= 15 is 0 Å². The molecule has 0 aromatic rings. The first-order valence-electron chi connectivity index (χ1n) is 6.10. The van der Waals surface area contributed by atoms with E-state index in [1.165, 1.54) is 11.0 Å². The molecule has 7 heteroatoms. The number of ether oxygens (including phenoxy) is 1. The molecule has 0 aromatic carbocycles. The Labute approximate surface area is 111 Å². The van der Waals surface area contributed by atoms with Crippen LogP contribution in [0.1, 0.15) is 19.3 Å². The second kappa shape index (κ2) is 7.40. The van der Waals surface area contributed by atoms with Gasteiger partial charge in [0, 0.05) is 13.1 Å². The normalized spacial score (nSPS) is 17.9. The van der Waals surface area contributed by atoms with Crippen LogP contribution in [-0.2, 0) is 14.3 Å². The number of hydrogen-bond acceptors (Lipinski definition) is 4. The Hall–Kier alpha value is -2.05. The molecule has 1 aliphatic rings. The third-order valence-electron chi connectivity index (χ3n) is 2.75. The summed E-state index contributed by atoms with van der Waals surface area (Å²) in [7, 11) is 0. The third kappa shape index (κ3) is 4.61. The Balaban J connectivity index is 2.46. The largest absolute Gasteiger partial charge is 0.481 e. The summed E-state index contributed by atoms with van der Waals surface area (Å²) in [6.45, 7) is 4.06. The van der Waals surface area contributed by atoms with E-state index in [0.717, 1.165) is 6.42 Å². The van der Waals surface area contributed by atoms with Crippen molar-refractivity contribution in [2.24, 2.45) is 0 Å². The lowest BCUT2D eigenvalue weighted by Gasteiger charge is -2.22. The Bertz CT molecular complexity index is 369. The highest BCUT2D eigenvalue weighted by Crippen LogP contribution is 2.18. The first kappa shape index (κ1) is 15.0. The fourth-order valence-corrected chi connectivity index (χ4v) is 1.88. The van der Waals surface area contributed by atoms with E-state index in [4.69, 9.17) is 9.84 Å². The molecule has 0 aromatic heterocycles. The van der Waals surface area contributed by atoms with Crippen molar-refractivity contribution < 1.29 is 24.2 Å². The van der Waals surface area contributed by atoms with Gasteiger partial charge in [-0.05, 0) is 12.8 Å². The maximum absolute atomic E-state index is 11.8. The lowest BCUT2D eigenvalue weighted by atomic mass is 10.2. The zero-order chi connectivity index (χ0) is 14.3. The zero-order valence-corrected chi connectivity index (χ0v) is 10.6. The smallest absolute Gasteiger partial charge is 0.410 e.